The standard InChI is InChI=1S/C16H17N5O2/c1-21-9-11(8-18-21)15-13(6-3-7-17-15)16-19-14(20-23-16)10-22-12-4-2-5-12/h3,6-9,12H,2,4-5,10H2,1H3. The molecule has 1 fully saturated rings. The lowest BCUT2D eigenvalue weighted by Crippen LogP contribution is -2.21. The van der Waals surface area contributed by atoms with Crippen LogP contribution < -0.4 is 0 Å². The van der Waals surface area contributed by atoms with Gasteiger partial charge in [-0.1, -0.05) is 5.16 Å². The highest BCUT2D eigenvalue weighted by atomic mass is 16.5. The lowest BCUT2D eigenvalue weighted by molar-refractivity contribution is -0.0123. The van der Waals surface area contributed by atoms with Crippen LogP contribution in [0, 0.1) is 0 Å². The summed E-state index contributed by atoms with van der Waals surface area (Å²) in [6.07, 6.45) is 9.25. The molecule has 0 bridgehead atoms. The Bertz CT molecular complexity index is 806. The summed E-state index contributed by atoms with van der Waals surface area (Å²) in [5.74, 6) is 1.01. The molecule has 0 amide bonds. The first-order valence-corrected chi connectivity index (χ1v) is 7.68. The number of hydrogen-bond donors (Lipinski definition) is 0. The maximum absolute atomic E-state index is 5.72. The van der Waals surface area contributed by atoms with Crippen molar-refractivity contribution >= 4 is 0 Å². The fourth-order valence-corrected chi connectivity index (χ4v) is 2.50. The van der Waals surface area contributed by atoms with Gasteiger partial charge in [0.2, 0.25) is 0 Å². The van der Waals surface area contributed by atoms with Crippen LogP contribution in [0.4, 0.5) is 0 Å². The molecule has 3 heterocycles. The van der Waals surface area contributed by atoms with Gasteiger partial charge in [-0.15, -0.1) is 0 Å². The summed E-state index contributed by atoms with van der Waals surface area (Å²) in [5, 5.41) is 8.19. The molecule has 23 heavy (non-hydrogen) atoms. The molecule has 0 N–H and O–H groups in total. The molecule has 0 radical (unpaired) electrons. The number of aromatic nitrogens is 5. The normalized spacial score (nSPS) is 14.8. The van der Waals surface area contributed by atoms with Gasteiger partial charge in [0.1, 0.15) is 6.61 Å². The number of aryl methyl sites for hydroxylation is 1. The summed E-state index contributed by atoms with van der Waals surface area (Å²) in [4.78, 5) is 8.87. The van der Waals surface area contributed by atoms with Gasteiger partial charge in [0, 0.05) is 25.0 Å². The molecule has 7 nitrogen and oxygen atoms in total. The Morgan fingerprint density at radius 1 is 1.39 bits per heavy atom. The number of ether oxygens (including phenoxy) is 1. The zero-order valence-electron chi connectivity index (χ0n) is 12.8. The van der Waals surface area contributed by atoms with Crippen molar-refractivity contribution in [3.8, 4) is 22.7 Å². The van der Waals surface area contributed by atoms with Crippen LogP contribution in [0.5, 0.6) is 0 Å². The Hall–Kier alpha value is -2.54. The Morgan fingerprint density at radius 3 is 3.04 bits per heavy atom. The second-order valence-corrected chi connectivity index (χ2v) is 5.68. The fraction of sp³-hybridized carbons (Fsp3) is 0.375. The van der Waals surface area contributed by atoms with E-state index in [0.29, 0.717) is 24.4 Å². The first kappa shape index (κ1) is 14.1. The van der Waals surface area contributed by atoms with Crippen molar-refractivity contribution in [2.45, 2.75) is 32.0 Å². The summed E-state index contributed by atoms with van der Waals surface area (Å²) >= 11 is 0. The van der Waals surface area contributed by atoms with Crippen molar-refractivity contribution in [1.82, 2.24) is 24.9 Å². The molecule has 0 spiro atoms. The third-order valence-corrected chi connectivity index (χ3v) is 3.98. The monoisotopic (exact) mass is 311 g/mol. The Labute approximate surface area is 133 Å². The van der Waals surface area contributed by atoms with Gasteiger partial charge < -0.3 is 9.26 Å². The lowest BCUT2D eigenvalue weighted by atomic mass is 9.96. The van der Waals surface area contributed by atoms with Crippen LogP contribution >= 0.6 is 0 Å². The average Bonchev–Trinajstić information content (AvgIpc) is 3.15. The Balaban J connectivity index is 1.59. The highest BCUT2D eigenvalue weighted by molar-refractivity contribution is 5.75. The average molecular weight is 311 g/mol. The number of pyridine rings is 1. The molecular formula is C16H17N5O2. The summed E-state index contributed by atoms with van der Waals surface area (Å²) < 4.78 is 12.8. The van der Waals surface area contributed by atoms with Gasteiger partial charge in [-0.3, -0.25) is 9.67 Å². The third kappa shape index (κ3) is 2.87. The Morgan fingerprint density at radius 2 is 2.30 bits per heavy atom. The van der Waals surface area contributed by atoms with E-state index in [-0.39, 0.29) is 0 Å². The van der Waals surface area contributed by atoms with E-state index in [1.54, 1.807) is 17.1 Å². The van der Waals surface area contributed by atoms with Crippen LogP contribution in [-0.2, 0) is 18.4 Å². The zero-order valence-corrected chi connectivity index (χ0v) is 12.8. The van der Waals surface area contributed by atoms with Crippen LogP contribution in [0.2, 0.25) is 0 Å². The predicted molar refractivity (Wildman–Crippen MR) is 82.2 cm³/mol. The van der Waals surface area contributed by atoms with Crippen LogP contribution in [-0.4, -0.2) is 31.0 Å². The quantitative estimate of drug-likeness (QED) is 0.720. The van der Waals surface area contributed by atoms with Gasteiger partial charge in [0.25, 0.3) is 5.89 Å². The van der Waals surface area contributed by atoms with E-state index < -0.39 is 0 Å². The van der Waals surface area contributed by atoms with Gasteiger partial charge in [-0.05, 0) is 31.4 Å². The first-order chi connectivity index (χ1) is 11.3. The Kier molecular flexibility index (Phi) is 3.63. The van der Waals surface area contributed by atoms with Crippen molar-refractivity contribution in [2.24, 2.45) is 7.05 Å². The number of rotatable bonds is 5. The maximum Gasteiger partial charge on any atom is 0.260 e. The SMILES string of the molecule is Cn1cc(-c2ncccc2-c2nc(COC3CCC3)no2)cn1. The molecule has 3 aromatic rings. The van der Waals surface area contributed by atoms with E-state index >= 15 is 0 Å². The molecule has 0 aromatic carbocycles. The minimum absolute atomic E-state index is 0.348. The smallest absolute Gasteiger partial charge is 0.260 e. The first-order valence-electron chi connectivity index (χ1n) is 7.68. The molecule has 1 saturated carbocycles. The van der Waals surface area contributed by atoms with E-state index in [2.05, 4.69) is 20.2 Å². The van der Waals surface area contributed by atoms with Crippen LogP contribution in [0.15, 0.2) is 35.2 Å². The molecule has 3 aromatic heterocycles. The van der Waals surface area contributed by atoms with E-state index in [0.717, 1.165) is 29.7 Å². The van der Waals surface area contributed by atoms with E-state index in [1.807, 2.05) is 25.4 Å². The molecule has 0 aliphatic heterocycles. The number of nitrogens with zero attached hydrogens (tertiary/aromatic N) is 5. The van der Waals surface area contributed by atoms with Gasteiger partial charge in [0.05, 0.1) is 23.6 Å². The second-order valence-electron chi connectivity index (χ2n) is 5.68. The topological polar surface area (TPSA) is 78.9 Å². The minimum atomic E-state index is 0.348. The van der Waals surface area contributed by atoms with Crippen molar-refractivity contribution < 1.29 is 9.26 Å². The molecule has 118 valence electrons. The van der Waals surface area contributed by atoms with E-state index in [1.165, 1.54) is 6.42 Å². The van der Waals surface area contributed by atoms with Crippen LogP contribution in [0.1, 0.15) is 25.1 Å². The molecule has 0 saturated heterocycles. The summed E-state index contributed by atoms with van der Waals surface area (Å²) in [6.45, 7) is 0.386. The van der Waals surface area contributed by atoms with Gasteiger partial charge >= 0.3 is 0 Å². The molecule has 7 heteroatoms. The van der Waals surface area contributed by atoms with Gasteiger partial charge in [-0.2, -0.15) is 10.1 Å². The van der Waals surface area contributed by atoms with E-state index in [4.69, 9.17) is 9.26 Å². The molecule has 1 aliphatic rings. The van der Waals surface area contributed by atoms with Crippen molar-refractivity contribution in [2.75, 3.05) is 0 Å². The largest absolute Gasteiger partial charge is 0.370 e. The molecule has 1 aliphatic carbocycles. The van der Waals surface area contributed by atoms with Crippen LogP contribution in [0.3, 0.4) is 0 Å². The molecule has 0 unspecified atom stereocenters. The summed E-state index contributed by atoms with van der Waals surface area (Å²) in [5.41, 5.74) is 2.48. The highest BCUT2D eigenvalue weighted by Gasteiger charge is 2.20. The van der Waals surface area contributed by atoms with Gasteiger partial charge in [-0.25, -0.2) is 0 Å². The van der Waals surface area contributed by atoms with Crippen molar-refractivity contribution in [3.63, 3.8) is 0 Å². The lowest BCUT2D eigenvalue weighted by Gasteiger charge is -2.24. The zero-order chi connectivity index (χ0) is 15.6. The van der Waals surface area contributed by atoms with Crippen molar-refractivity contribution in [1.29, 1.82) is 0 Å². The fourth-order valence-electron chi connectivity index (χ4n) is 2.50. The minimum Gasteiger partial charge on any atom is -0.370 e. The second kappa shape index (κ2) is 5.92. The maximum atomic E-state index is 5.72. The summed E-state index contributed by atoms with van der Waals surface area (Å²) in [7, 11) is 1.87. The number of hydrogen-bond acceptors (Lipinski definition) is 6. The molecule has 4 rings (SSSR count). The molecular weight excluding hydrogens is 294 g/mol. The van der Waals surface area contributed by atoms with Crippen LogP contribution in [0.25, 0.3) is 22.7 Å². The van der Waals surface area contributed by atoms with Crippen molar-refractivity contribution in [3.05, 3.63) is 36.5 Å². The molecule has 0 atom stereocenters. The highest BCUT2D eigenvalue weighted by Crippen LogP contribution is 2.29. The van der Waals surface area contributed by atoms with E-state index in [9.17, 15) is 0 Å². The summed E-state index contributed by atoms with van der Waals surface area (Å²) in [6, 6.07) is 3.77. The predicted octanol–water partition coefficient (Wildman–Crippen LogP) is 2.60. The van der Waals surface area contributed by atoms with Gasteiger partial charge in [0.15, 0.2) is 5.82 Å². The third-order valence-electron chi connectivity index (χ3n) is 3.98.